The number of nitrogens with zero attached hydrogens (tertiary/aromatic N) is 1. The highest BCUT2D eigenvalue weighted by Gasteiger charge is 2.31. The molecule has 0 bridgehead atoms. The maximum absolute atomic E-state index is 6.74. The minimum absolute atomic E-state index is 0.0589. The number of aromatic nitrogens is 1. The molecule has 0 spiro atoms. The van der Waals surface area contributed by atoms with Gasteiger partial charge in [0.1, 0.15) is 22.3 Å². The number of rotatable bonds is 6. The van der Waals surface area contributed by atoms with Crippen molar-refractivity contribution in [2.75, 3.05) is 0 Å². The first-order chi connectivity index (χ1) is 30.6. The maximum atomic E-state index is 6.74. The minimum atomic E-state index is 0.0589. The summed E-state index contributed by atoms with van der Waals surface area (Å²) in [5, 5.41) is 11.4. The van der Waals surface area contributed by atoms with Crippen LogP contribution in [0.25, 0.3) is 88.1 Å². The van der Waals surface area contributed by atoms with Crippen LogP contribution in [-0.2, 0) is 0 Å². The van der Waals surface area contributed by atoms with Crippen molar-refractivity contribution in [3.63, 3.8) is 0 Å². The van der Waals surface area contributed by atoms with E-state index in [1.54, 1.807) is 0 Å². The van der Waals surface area contributed by atoms with Gasteiger partial charge >= 0.3 is 0 Å². The van der Waals surface area contributed by atoms with Crippen LogP contribution >= 0.6 is 0 Å². The third-order valence-corrected chi connectivity index (χ3v) is 13.6. The van der Waals surface area contributed by atoms with E-state index in [9.17, 15) is 0 Å². The first kappa shape index (κ1) is 36.7. The van der Waals surface area contributed by atoms with E-state index in [-0.39, 0.29) is 12.1 Å². The normalized spacial score (nSPS) is 18.6. The van der Waals surface area contributed by atoms with Crippen LogP contribution in [0.3, 0.4) is 0 Å². The van der Waals surface area contributed by atoms with Crippen LogP contribution in [0, 0.1) is 5.92 Å². The molecule has 3 unspecified atom stereocenters. The zero-order valence-corrected chi connectivity index (χ0v) is 34.9. The standard InChI is InChI=1S/C58H46N2O2/c1-3-37-34-49(59-48(38-16-6-4-7-17-38)32-36(2)56(37)40-28-30-44-43-20-11-13-26-52(43)62-55(44)35-40)45-23-15-27-54-58(45)47-33-39(29-31-53(47)61-54)42-22-14-25-51-57(42)46-21-10-12-24-50(46)60(51)41-18-8-5-9-19-41/h4-31,33,35,37,48-49,59H,3,32,34H2,1-2H3/b56-36+. The van der Waals surface area contributed by atoms with Gasteiger partial charge in [0.25, 0.3) is 0 Å². The number of furan rings is 2. The van der Waals surface area contributed by atoms with E-state index in [2.05, 4.69) is 200 Å². The first-order valence-corrected chi connectivity index (χ1v) is 22.1. The average molecular weight is 803 g/mol. The summed E-state index contributed by atoms with van der Waals surface area (Å²) in [6.07, 6.45) is 2.86. The lowest BCUT2D eigenvalue weighted by molar-refractivity contribution is 0.374. The van der Waals surface area contributed by atoms with Crippen LogP contribution < -0.4 is 5.32 Å². The molecule has 1 aliphatic heterocycles. The molecule has 0 saturated heterocycles. The summed E-state index contributed by atoms with van der Waals surface area (Å²) in [4.78, 5) is 0. The fourth-order valence-electron chi connectivity index (χ4n) is 10.8. The molecule has 3 atom stereocenters. The van der Waals surface area contributed by atoms with Gasteiger partial charge in [-0.05, 0) is 126 Å². The molecular weight excluding hydrogens is 757 g/mol. The Morgan fingerprint density at radius 2 is 1.21 bits per heavy atom. The fraction of sp³-hybridized carbons (Fsp3) is 0.138. The van der Waals surface area contributed by atoms with Gasteiger partial charge in [-0.2, -0.15) is 0 Å². The number of hydrogen-bond donors (Lipinski definition) is 1. The zero-order chi connectivity index (χ0) is 41.3. The summed E-state index contributed by atoms with van der Waals surface area (Å²) in [5.74, 6) is 0.314. The van der Waals surface area contributed by atoms with E-state index in [4.69, 9.17) is 8.83 Å². The third kappa shape index (κ3) is 5.93. The summed E-state index contributed by atoms with van der Waals surface area (Å²) < 4.78 is 15.6. The van der Waals surface area contributed by atoms with Gasteiger partial charge in [-0.1, -0.05) is 134 Å². The Labute approximate surface area is 360 Å². The molecule has 0 radical (unpaired) electrons. The molecule has 3 aromatic heterocycles. The van der Waals surface area contributed by atoms with Gasteiger partial charge in [-0.25, -0.2) is 0 Å². The van der Waals surface area contributed by atoms with Gasteiger partial charge < -0.3 is 18.7 Å². The predicted octanol–water partition coefficient (Wildman–Crippen LogP) is 15.9. The minimum Gasteiger partial charge on any atom is -0.456 e. The number of para-hydroxylation sites is 3. The number of nitrogens with one attached hydrogen (secondary N) is 1. The van der Waals surface area contributed by atoms with Crippen LogP contribution in [0.4, 0.5) is 0 Å². The van der Waals surface area contributed by atoms with Crippen molar-refractivity contribution >= 4 is 71.3 Å². The van der Waals surface area contributed by atoms with Crippen LogP contribution in [-0.4, -0.2) is 4.57 Å². The summed E-state index contributed by atoms with van der Waals surface area (Å²) >= 11 is 0. The molecule has 0 aliphatic carbocycles. The smallest absolute Gasteiger partial charge is 0.136 e. The summed E-state index contributed by atoms with van der Waals surface area (Å²) in [7, 11) is 0. The van der Waals surface area contributed by atoms with Crippen LogP contribution in [0.2, 0.25) is 0 Å². The van der Waals surface area contributed by atoms with Gasteiger partial charge in [-0.3, -0.25) is 0 Å². The summed E-state index contributed by atoms with van der Waals surface area (Å²) in [6, 6.07) is 66.1. The van der Waals surface area contributed by atoms with E-state index >= 15 is 0 Å². The Hall–Kier alpha value is -7.14. The zero-order valence-electron chi connectivity index (χ0n) is 34.9. The predicted molar refractivity (Wildman–Crippen MR) is 258 cm³/mol. The highest BCUT2D eigenvalue weighted by atomic mass is 16.3. The Bertz CT molecular complexity index is 3510. The van der Waals surface area contributed by atoms with Gasteiger partial charge in [0.15, 0.2) is 0 Å². The van der Waals surface area contributed by atoms with Crippen molar-refractivity contribution in [3.05, 3.63) is 204 Å². The molecule has 4 heterocycles. The van der Waals surface area contributed by atoms with Crippen molar-refractivity contribution < 1.29 is 8.83 Å². The second-order valence-corrected chi connectivity index (χ2v) is 17.2. The van der Waals surface area contributed by atoms with Crippen LogP contribution in [0.5, 0.6) is 0 Å². The number of fused-ring (bicyclic) bond motifs is 9. The lowest BCUT2D eigenvalue weighted by atomic mass is 9.77. The molecule has 62 heavy (non-hydrogen) atoms. The van der Waals surface area contributed by atoms with Gasteiger partial charge in [0.05, 0.1) is 11.0 Å². The Morgan fingerprint density at radius 3 is 2.06 bits per heavy atom. The van der Waals surface area contributed by atoms with Crippen LogP contribution in [0.1, 0.15) is 61.9 Å². The number of allylic oxidation sites excluding steroid dienone is 1. The molecule has 0 fully saturated rings. The second kappa shape index (κ2) is 14.8. The second-order valence-electron chi connectivity index (χ2n) is 17.2. The van der Waals surface area contributed by atoms with E-state index in [0.29, 0.717) is 5.92 Å². The van der Waals surface area contributed by atoms with Gasteiger partial charge in [0.2, 0.25) is 0 Å². The highest BCUT2D eigenvalue weighted by Crippen LogP contribution is 2.46. The molecule has 4 nitrogen and oxygen atoms in total. The molecule has 1 N–H and O–H groups in total. The Balaban J connectivity index is 1.02. The SMILES string of the molecule is CCC1CC(c2cccc3oc4ccc(-c5cccc6c5c5ccccc5n6-c5ccccc5)cc4c23)NC(c2ccccc2)C/C(C)=C\1c1ccc2c(c1)oc1ccccc12. The topological polar surface area (TPSA) is 43.2 Å². The molecule has 4 heteroatoms. The molecule has 1 aliphatic rings. The largest absolute Gasteiger partial charge is 0.456 e. The monoisotopic (exact) mass is 802 g/mol. The van der Waals surface area contributed by atoms with Crippen molar-refractivity contribution in [3.8, 4) is 16.8 Å². The highest BCUT2D eigenvalue weighted by molar-refractivity contribution is 6.17. The van der Waals surface area contributed by atoms with E-state index in [1.807, 2.05) is 6.07 Å². The molecule has 300 valence electrons. The van der Waals surface area contributed by atoms with Crippen molar-refractivity contribution in [2.24, 2.45) is 5.92 Å². The van der Waals surface area contributed by atoms with E-state index in [0.717, 1.165) is 58.1 Å². The molecule has 0 saturated carbocycles. The molecule has 12 rings (SSSR count). The first-order valence-electron chi connectivity index (χ1n) is 22.1. The Kier molecular flexibility index (Phi) is 8.75. The fourth-order valence-corrected chi connectivity index (χ4v) is 10.8. The molecule has 8 aromatic carbocycles. The summed E-state index contributed by atoms with van der Waals surface area (Å²) in [6.45, 7) is 4.70. The van der Waals surface area contributed by atoms with Gasteiger partial charge in [-0.15, -0.1) is 0 Å². The number of benzene rings is 8. The lowest BCUT2D eigenvalue weighted by Crippen LogP contribution is -2.31. The van der Waals surface area contributed by atoms with E-state index < -0.39 is 0 Å². The van der Waals surface area contributed by atoms with Crippen molar-refractivity contribution in [2.45, 2.75) is 45.2 Å². The molecular formula is C58H46N2O2. The van der Waals surface area contributed by atoms with E-state index in [1.165, 1.54) is 71.5 Å². The van der Waals surface area contributed by atoms with Crippen molar-refractivity contribution in [1.82, 2.24) is 9.88 Å². The maximum Gasteiger partial charge on any atom is 0.136 e. The molecule has 11 aromatic rings. The quantitative estimate of drug-likeness (QED) is 0.182. The Morgan fingerprint density at radius 1 is 0.532 bits per heavy atom. The summed E-state index contributed by atoms with van der Waals surface area (Å²) in [5.41, 5.74) is 16.4. The third-order valence-electron chi connectivity index (χ3n) is 13.6. The van der Waals surface area contributed by atoms with Gasteiger partial charge in [0, 0.05) is 50.1 Å². The van der Waals surface area contributed by atoms with Crippen LogP contribution in [0.15, 0.2) is 196 Å². The molecule has 0 amide bonds. The number of hydrogen-bond acceptors (Lipinski definition) is 3. The average Bonchev–Trinajstić information content (AvgIpc) is 4.00. The van der Waals surface area contributed by atoms with Crippen molar-refractivity contribution in [1.29, 1.82) is 0 Å². The lowest BCUT2D eigenvalue weighted by Gasteiger charge is -2.35.